The smallest absolute Gasteiger partial charge is 0.276 e. The van der Waals surface area contributed by atoms with Crippen LogP contribution in [0.15, 0.2) is 76.8 Å². The van der Waals surface area contributed by atoms with Crippen molar-refractivity contribution in [3.63, 3.8) is 0 Å². The fraction of sp³-hybridized carbons (Fsp3) is 0.136. The Balaban J connectivity index is 1.73. The molecule has 7 nitrogen and oxygen atoms in total. The van der Waals surface area contributed by atoms with Gasteiger partial charge >= 0.3 is 0 Å². The summed E-state index contributed by atoms with van der Waals surface area (Å²) in [7, 11) is 3.15. The number of amides is 1. The Hall–Kier alpha value is -3.87. The number of rotatable bonds is 7. The molecule has 1 aromatic heterocycles. The predicted molar refractivity (Wildman–Crippen MR) is 111 cm³/mol. The van der Waals surface area contributed by atoms with E-state index in [1.807, 2.05) is 36.4 Å². The third-order valence-corrected chi connectivity index (χ3v) is 4.29. The number of nitrogens with zero attached hydrogens (tertiary/aromatic N) is 2. The van der Waals surface area contributed by atoms with Gasteiger partial charge < -0.3 is 14.0 Å². The summed E-state index contributed by atoms with van der Waals surface area (Å²) in [6.45, 7) is 0.342. The number of nitrogens with one attached hydrogen (secondary N) is 1. The molecular weight excluding hydrogens is 370 g/mol. The van der Waals surface area contributed by atoms with Gasteiger partial charge in [-0.25, -0.2) is 5.43 Å². The van der Waals surface area contributed by atoms with Crippen molar-refractivity contribution in [1.29, 1.82) is 0 Å². The van der Waals surface area contributed by atoms with Crippen molar-refractivity contribution in [3.8, 4) is 11.5 Å². The average molecular weight is 391 g/mol. The third kappa shape index (κ3) is 4.90. The van der Waals surface area contributed by atoms with Crippen LogP contribution in [0.1, 0.15) is 21.5 Å². The van der Waals surface area contributed by atoms with E-state index in [1.54, 1.807) is 38.6 Å². The average Bonchev–Trinajstić information content (AvgIpc) is 2.76. The van der Waals surface area contributed by atoms with Crippen LogP contribution in [0.3, 0.4) is 0 Å². The normalized spacial score (nSPS) is 10.7. The van der Waals surface area contributed by atoms with Crippen molar-refractivity contribution in [2.75, 3.05) is 14.2 Å². The molecular formula is C22H21N3O4. The van der Waals surface area contributed by atoms with Gasteiger partial charge in [-0.15, -0.1) is 0 Å². The van der Waals surface area contributed by atoms with Crippen molar-refractivity contribution >= 4 is 12.1 Å². The zero-order chi connectivity index (χ0) is 20.6. The molecule has 3 rings (SSSR count). The minimum absolute atomic E-state index is 0.0122. The van der Waals surface area contributed by atoms with E-state index in [4.69, 9.17) is 9.47 Å². The molecule has 3 aromatic rings. The fourth-order valence-electron chi connectivity index (χ4n) is 2.76. The molecule has 0 saturated heterocycles. The Labute approximate surface area is 168 Å². The maximum Gasteiger partial charge on any atom is 0.276 e. The summed E-state index contributed by atoms with van der Waals surface area (Å²) < 4.78 is 11.8. The van der Waals surface area contributed by atoms with Gasteiger partial charge in [-0.2, -0.15) is 5.10 Å². The lowest BCUT2D eigenvalue weighted by molar-refractivity contribution is 0.0953. The lowest BCUT2D eigenvalue weighted by Gasteiger charge is -2.08. The van der Waals surface area contributed by atoms with Crippen LogP contribution in [0.25, 0.3) is 0 Å². The second-order valence-corrected chi connectivity index (χ2v) is 6.14. The molecule has 1 amide bonds. The number of benzene rings is 2. The Kier molecular flexibility index (Phi) is 6.42. The number of ether oxygens (including phenoxy) is 2. The van der Waals surface area contributed by atoms with Crippen molar-refractivity contribution in [2.24, 2.45) is 5.10 Å². The van der Waals surface area contributed by atoms with Crippen LogP contribution in [-0.4, -0.2) is 30.9 Å². The molecule has 7 heteroatoms. The zero-order valence-electron chi connectivity index (χ0n) is 16.2. The second kappa shape index (κ2) is 9.36. The summed E-state index contributed by atoms with van der Waals surface area (Å²) in [5.41, 5.74) is 3.63. The molecule has 2 aromatic carbocycles. The first kappa shape index (κ1) is 19.9. The minimum atomic E-state index is -0.578. The lowest BCUT2D eigenvalue weighted by atomic mass is 10.2. The van der Waals surface area contributed by atoms with Gasteiger partial charge in [0.05, 0.1) is 27.0 Å². The highest BCUT2D eigenvalue weighted by atomic mass is 16.5. The topological polar surface area (TPSA) is 81.9 Å². The number of hydrazone groups is 1. The van der Waals surface area contributed by atoms with Gasteiger partial charge in [0.25, 0.3) is 11.5 Å². The van der Waals surface area contributed by atoms with Crippen molar-refractivity contribution in [2.45, 2.75) is 6.54 Å². The highest BCUT2D eigenvalue weighted by Crippen LogP contribution is 2.14. The summed E-state index contributed by atoms with van der Waals surface area (Å²) in [6, 6.07) is 17.8. The van der Waals surface area contributed by atoms with Crippen LogP contribution in [-0.2, 0) is 6.54 Å². The Morgan fingerprint density at radius 1 is 1.03 bits per heavy atom. The molecule has 0 aliphatic heterocycles. The highest BCUT2D eigenvalue weighted by Gasteiger charge is 2.12. The SMILES string of the molecule is COc1ccc(Cn2cccc(C(=O)N/N=C\c3ccccc3OC)c2=O)cc1. The zero-order valence-corrected chi connectivity index (χ0v) is 16.2. The Bertz CT molecular complexity index is 1070. The molecule has 1 N–H and O–H groups in total. The molecule has 29 heavy (non-hydrogen) atoms. The predicted octanol–water partition coefficient (Wildman–Crippen LogP) is 2.68. The number of carbonyl (C=O) groups excluding carboxylic acids is 1. The maximum atomic E-state index is 12.7. The van der Waals surface area contributed by atoms with E-state index in [1.165, 1.54) is 16.8 Å². The summed E-state index contributed by atoms with van der Waals surface area (Å²) in [6.07, 6.45) is 3.11. The number of hydrogen-bond donors (Lipinski definition) is 1. The first-order chi connectivity index (χ1) is 14.1. The Morgan fingerprint density at radius 2 is 1.79 bits per heavy atom. The van der Waals surface area contributed by atoms with Crippen LogP contribution in [0.2, 0.25) is 0 Å². The van der Waals surface area contributed by atoms with Crippen LogP contribution in [0, 0.1) is 0 Å². The molecule has 0 atom stereocenters. The Morgan fingerprint density at radius 3 is 2.52 bits per heavy atom. The van der Waals surface area contributed by atoms with E-state index < -0.39 is 11.5 Å². The molecule has 0 saturated carbocycles. The number of methoxy groups -OCH3 is 2. The maximum absolute atomic E-state index is 12.7. The number of carbonyl (C=O) groups is 1. The van der Waals surface area contributed by atoms with Crippen molar-refractivity contribution < 1.29 is 14.3 Å². The summed E-state index contributed by atoms with van der Waals surface area (Å²) >= 11 is 0. The van der Waals surface area contributed by atoms with Gasteiger partial charge in [0.1, 0.15) is 17.1 Å². The summed E-state index contributed by atoms with van der Waals surface area (Å²) in [5.74, 6) is 0.791. The van der Waals surface area contributed by atoms with Gasteiger partial charge in [0.15, 0.2) is 0 Å². The quantitative estimate of drug-likeness (QED) is 0.496. The third-order valence-electron chi connectivity index (χ3n) is 4.29. The monoisotopic (exact) mass is 391 g/mol. The summed E-state index contributed by atoms with van der Waals surface area (Å²) in [5, 5.41) is 3.93. The van der Waals surface area contributed by atoms with E-state index in [2.05, 4.69) is 10.5 Å². The van der Waals surface area contributed by atoms with Crippen LogP contribution < -0.4 is 20.5 Å². The molecule has 0 unspecified atom stereocenters. The van der Waals surface area contributed by atoms with Crippen LogP contribution in [0.4, 0.5) is 0 Å². The fourth-order valence-corrected chi connectivity index (χ4v) is 2.76. The highest BCUT2D eigenvalue weighted by molar-refractivity contribution is 5.94. The van der Waals surface area contributed by atoms with Crippen LogP contribution in [0.5, 0.6) is 11.5 Å². The number of para-hydroxylation sites is 1. The molecule has 148 valence electrons. The molecule has 0 aliphatic rings. The van der Waals surface area contributed by atoms with Crippen LogP contribution >= 0.6 is 0 Å². The molecule has 0 fully saturated rings. The first-order valence-corrected chi connectivity index (χ1v) is 8.91. The van der Waals surface area contributed by atoms with Crippen molar-refractivity contribution in [1.82, 2.24) is 9.99 Å². The molecule has 0 bridgehead atoms. The number of hydrogen-bond acceptors (Lipinski definition) is 5. The van der Waals surface area contributed by atoms with Gasteiger partial charge in [0.2, 0.25) is 0 Å². The summed E-state index contributed by atoms with van der Waals surface area (Å²) in [4.78, 5) is 25.1. The van der Waals surface area contributed by atoms with E-state index in [0.717, 1.165) is 11.3 Å². The molecule has 0 aliphatic carbocycles. The molecule has 1 heterocycles. The van der Waals surface area contributed by atoms with Gasteiger partial charge in [-0.3, -0.25) is 9.59 Å². The van der Waals surface area contributed by atoms with E-state index >= 15 is 0 Å². The second-order valence-electron chi connectivity index (χ2n) is 6.14. The van der Waals surface area contributed by atoms with Crippen molar-refractivity contribution in [3.05, 3.63) is 93.9 Å². The number of pyridine rings is 1. The molecule has 0 spiro atoms. The van der Waals surface area contributed by atoms with Gasteiger partial charge in [-0.05, 0) is 42.0 Å². The lowest BCUT2D eigenvalue weighted by Crippen LogP contribution is -2.30. The molecule has 0 radical (unpaired) electrons. The van der Waals surface area contributed by atoms with E-state index in [0.29, 0.717) is 17.9 Å². The van der Waals surface area contributed by atoms with Gasteiger partial charge in [0, 0.05) is 11.8 Å². The van der Waals surface area contributed by atoms with E-state index in [9.17, 15) is 9.59 Å². The first-order valence-electron chi connectivity index (χ1n) is 8.91. The van der Waals surface area contributed by atoms with E-state index in [-0.39, 0.29) is 5.56 Å². The standard InChI is InChI=1S/C22H21N3O4/c1-28-18-11-9-16(10-12-18)15-25-13-5-7-19(22(25)27)21(26)24-23-14-17-6-3-4-8-20(17)29-2/h3-14H,15H2,1-2H3,(H,24,26)/b23-14-. The minimum Gasteiger partial charge on any atom is -0.497 e. The largest absolute Gasteiger partial charge is 0.497 e. The van der Waals surface area contributed by atoms with Gasteiger partial charge in [-0.1, -0.05) is 24.3 Å². The number of aromatic nitrogens is 1.